The van der Waals surface area contributed by atoms with Crippen molar-refractivity contribution >= 4 is 11.9 Å². The molecule has 0 aromatic rings. The Morgan fingerprint density at radius 2 is 2.14 bits per heavy atom. The molecule has 0 aromatic carbocycles. The molecule has 0 aliphatic carbocycles. The highest BCUT2D eigenvalue weighted by molar-refractivity contribution is 5.83. The van der Waals surface area contributed by atoms with Crippen molar-refractivity contribution in [2.24, 2.45) is 5.92 Å². The molecule has 1 aliphatic heterocycles. The van der Waals surface area contributed by atoms with Gasteiger partial charge in [0.1, 0.15) is 5.92 Å². The number of carbonyl (C=O) groups excluding carboxylic acids is 2. The zero-order chi connectivity index (χ0) is 10.9. The Kier molecular flexibility index (Phi) is 2.68. The Morgan fingerprint density at radius 3 is 2.57 bits per heavy atom. The number of cyclic esters (lactones) is 1. The number of halogens is 3. The topological polar surface area (TPSA) is 52.6 Å². The van der Waals surface area contributed by atoms with E-state index in [1.165, 1.54) is 0 Å². The quantitative estimate of drug-likeness (QED) is 0.599. The van der Waals surface area contributed by atoms with Gasteiger partial charge in [0.2, 0.25) is 6.10 Å². The molecule has 1 heterocycles. The monoisotopic (exact) mass is 212 g/mol. The van der Waals surface area contributed by atoms with Gasteiger partial charge >= 0.3 is 18.1 Å². The average Bonchev–Trinajstić information content (AvgIpc) is 2.45. The maximum atomic E-state index is 12.2. The van der Waals surface area contributed by atoms with Crippen molar-refractivity contribution in [1.29, 1.82) is 0 Å². The minimum absolute atomic E-state index is 0.830. The van der Waals surface area contributed by atoms with E-state index in [0.717, 1.165) is 7.11 Å². The Bertz CT molecular complexity index is 260. The highest BCUT2D eigenvalue weighted by Gasteiger charge is 2.55. The summed E-state index contributed by atoms with van der Waals surface area (Å²) in [5, 5.41) is 0. The van der Waals surface area contributed by atoms with Gasteiger partial charge in [0.25, 0.3) is 0 Å². The Balaban J connectivity index is 2.83. The first-order chi connectivity index (χ1) is 6.36. The summed E-state index contributed by atoms with van der Waals surface area (Å²) in [5.74, 6) is -4.32. The van der Waals surface area contributed by atoms with Crippen molar-refractivity contribution in [1.82, 2.24) is 0 Å². The molecule has 14 heavy (non-hydrogen) atoms. The van der Waals surface area contributed by atoms with E-state index in [-0.39, 0.29) is 0 Å². The van der Waals surface area contributed by atoms with Crippen LogP contribution >= 0.6 is 0 Å². The first kappa shape index (κ1) is 10.8. The molecule has 0 N–H and O–H groups in total. The summed E-state index contributed by atoms with van der Waals surface area (Å²) < 4.78 is 45.0. The molecule has 1 rings (SSSR count). The third-order valence-electron chi connectivity index (χ3n) is 1.86. The SMILES string of the molecule is COC(=O)[C@@H]1OC(=O)C[C@@H]1C(F)(F)F. The molecular formula is C7H7F3O4. The largest absolute Gasteiger partial charge is 0.466 e. The van der Waals surface area contributed by atoms with E-state index in [0.29, 0.717) is 0 Å². The second kappa shape index (κ2) is 3.47. The predicted molar refractivity (Wildman–Crippen MR) is 36.1 cm³/mol. The van der Waals surface area contributed by atoms with Crippen LogP contribution in [-0.2, 0) is 19.1 Å². The number of rotatable bonds is 1. The highest BCUT2D eigenvalue weighted by atomic mass is 19.4. The zero-order valence-corrected chi connectivity index (χ0v) is 7.13. The van der Waals surface area contributed by atoms with Gasteiger partial charge in [0, 0.05) is 0 Å². The standard InChI is InChI=1S/C7H7F3O4/c1-13-6(12)5-3(7(8,9)10)2-4(11)14-5/h3,5H,2H2,1H3/t3-,5+/m0/s1. The summed E-state index contributed by atoms with van der Waals surface area (Å²) >= 11 is 0. The van der Waals surface area contributed by atoms with E-state index < -0.39 is 36.6 Å². The third-order valence-corrected chi connectivity index (χ3v) is 1.86. The second-order valence-corrected chi connectivity index (χ2v) is 2.79. The lowest BCUT2D eigenvalue weighted by Gasteiger charge is -2.17. The lowest BCUT2D eigenvalue weighted by atomic mass is 10.0. The number of hydrogen-bond acceptors (Lipinski definition) is 4. The van der Waals surface area contributed by atoms with Crippen LogP contribution in [0.2, 0.25) is 0 Å². The van der Waals surface area contributed by atoms with Gasteiger partial charge in [0.05, 0.1) is 13.5 Å². The zero-order valence-electron chi connectivity index (χ0n) is 7.13. The fourth-order valence-corrected chi connectivity index (χ4v) is 1.17. The van der Waals surface area contributed by atoms with Crippen LogP contribution in [0.3, 0.4) is 0 Å². The molecule has 1 aliphatic rings. The number of methoxy groups -OCH3 is 1. The number of esters is 2. The van der Waals surface area contributed by atoms with E-state index in [4.69, 9.17) is 0 Å². The lowest BCUT2D eigenvalue weighted by molar-refractivity contribution is -0.196. The molecule has 4 nitrogen and oxygen atoms in total. The van der Waals surface area contributed by atoms with E-state index in [9.17, 15) is 22.8 Å². The van der Waals surface area contributed by atoms with Crippen molar-refractivity contribution in [3.05, 3.63) is 0 Å². The summed E-state index contributed by atoms with van der Waals surface area (Å²) in [6, 6.07) is 0. The molecule has 0 spiro atoms. The van der Waals surface area contributed by atoms with E-state index in [1.807, 2.05) is 0 Å². The van der Waals surface area contributed by atoms with Gasteiger partial charge in [-0.1, -0.05) is 0 Å². The average molecular weight is 212 g/mol. The van der Waals surface area contributed by atoms with E-state index >= 15 is 0 Å². The summed E-state index contributed by atoms with van der Waals surface area (Å²) in [7, 11) is 0.932. The minimum atomic E-state index is -4.63. The smallest absolute Gasteiger partial charge is 0.396 e. The van der Waals surface area contributed by atoms with Gasteiger partial charge in [0.15, 0.2) is 0 Å². The molecule has 0 aromatic heterocycles. The van der Waals surface area contributed by atoms with Crippen LogP contribution in [0, 0.1) is 5.92 Å². The Hall–Kier alpha value is -1.27. The number of hydrogen-bond donors (Lipinski definition) is 0. The van der Waals surface area contributed by atoms with E-state index in [1.54, 1.807) is 0 Å². The minimum Gasteiger partial charge on any atom is -0.466 e. The molecule has 2 atom stereocenters. The van der Waals surface area contributed by atoms with Crippen molar-refractivity contribution in [3.63, 3.8) is 0 Å². The first-order valence-electron chi connectivity index (χ1n) is 3.70. The third kappa shape index (κ3) is 1.97. The summed E-state index contributed by atoms with van der Waals surface area (Å²) in [5.41, 5.74) is 0. The van der Waals surface area contributed by atoms with Crippen molar-refractivity contribution < 1.29 is 32.2 Å². The summed E-state index contributed by atoms with van der Waals surface area (Å²) in [4.78, 5) is 21.4. The van der Waals surface area contributed by atoms with Gasteiger partial charge in [-0.25, -0.2) is 4.79 Å². The van der Waals surface area contributed by atoms with Crippen LogP contribution in [0.5, 0.6) is 0 Å². The van der Waals surface area contributed by atoms with Crippen LogP contribution in [0.1, 0.15) is 6.42 Å². The molecule has 0 unspecified atom stereocenters. The predicted octanol–water partition coefficient (Wildman–Crippen LogP) is 0.653. The molecule has 80 valence electrons. The van der Waals surface area contributed by atoms with Gasteiger partial charge in [-0.05, 0) is 0 Å². The van der Waals surface area contributed by atoms with Crippen molar-refractivity contribution in [2.75, 3.05) is 7.11 Å². The maximum Gasteiger partial charge on any atom is 0.396 e. The second-order valence-electron chi connectivity index (χ2n) is 2.79. The van der Waals surface area contributed by atoms with Gasteiger partial charge in [-0.15, -0.1) is 0 Å². The van der Waals surface area contributed by atoms with Crippen LogP contribution in [0.15, 0.2) is 0 Å². The Morgan fingerprint density at radius 1 is 1.57 bits per heavy atom. The van der Waals surface area contributed by atoms with Gasteiger partial charge in [-0.2, -0.15) is 13.2 Å². The normalized spacial score (nSPS) is 27.3. The van der Waals surface area contributed by atoms with Gasteiger partial charge in [-0.3, -0.25) is 4.79 Å². The number of alkyl halides is 3. The fraction of sp³-hybridized carbons (Fsp3) is 0.714. The van der Waals surface area contributed by atoms with E-state index in [2.05, 4.69) is 9.47 Å². The van der Waals surface area contributed by atoms with Crippen LogP contribution in [0.4, 0.5) is 13.2 Å². The molecule has 0 amide bonds. The molecule has 1 fully saturated rings. The number of ether oxygens (including phenoxy) is 2. The van der Waals surface area contributed by atoms with Gasteiger partial charge < -0.3 is 9.47 Å². The first-order valence-corrected chi connectivity index (χ1v) is 3.70. The number of carbonyl (C=O) groups is 2. The lowest BCUT2D eigenvalue weighted by Crippen LogP contribution is -2.36. The van der Waals surface area contributed by atoms with Crippen LogP contribution in [0.25, 0.3) is 0 Å². The molecule has 7 heteroatoms. The van der Waals surface area contributed by atoms with Crippen molar-refractivity contribution in [2.45, 2.75) is 18.7 Å². The maximum absolute atomic E-state index is 12.2. The van der Waals surface area contributed by atoms with Crippen LogP contribution < -0.4 is 0 Å². The fourth-order valence-electron chi connectivity index (χ4n) is 1.17. The summed E-state index contributed by atoms with van der Waals surface area (Å²) in [6.07, 6.45) is -7.32. The molecular weight excluding hydrogens is 205 g/mol. The molecule has 0 saturated carbocycles. The van der Waals surface area contributed by atoms with Crippen molar-refractivity contribution in [3.8, 4) is 0 Å². The van der Waals surface area contributed by atoms with Crippen LogP contribution in [-0.4, -0.2) is 31.3 Å². The molecule has 0 radical (unpaired) electrons. The summed E-state index contributed by atoms with van der Waals surface area (Å²) in [6.45, 7) is 0. The molecule has 1 saturated heterocycles. The highest BCUT2D eigenvalue weighted by Crippen LogP contribution is 2.37. The molecule has 0 bridgehead atoms. The Labute approximate surface area is 77.0 Å².